The Bertz CT molecular complexity index is 291. The summed E-state index contributed by atoms with van der Waals surface area (Å²) in [5.41, 5.74) is 0. The molecule has 110 valence electrons. The molecule has 1 rings (SSSR count). The van der Waals surface area contributed by atoms with Gasteiger partial charge >= 0.3 is 5.97 Å². The molecule has 1 atom stereocenters. The Kier molecular flexibility index (Phi) is 7.53. The molecule has 4 nitrogen and oxygen atoms in total. The first kappa shape index (κ1) is 16.0. The van der Waals surface area contributed by atoms with Crippen LogP contribution in [0.3, 0.4) is 0 Å². The van der Waals surface area contributed by atoms with Crippen molar-refractivity contribution in [3.8, 4) is 0 Å². The van der Waals surface area contributed by atoms with Crippen molar-refractivity contribution in [2.75, 3.05) is 6.54 Å². The van der Waals surface area contributed by atoms with Crippen molar-refractivity contribution in [3.63, 3.8) is 0 Å². The molecule has 0 aliphatic carbocycles. The summed E-state index contributed by atoms with van der Waals surface area (Å²) in [6.07, 6.45) is 10.2. The maximum Gasteiger partial charge on any atom is 0.326 e. The van der Waals surface area contributed by atoms with Crippen molar-refractivity contribution < 1.29 is 14.7 Å². The molecule has 4 heteroatoms. The lowest BCUT2D eigenvalue weighted by Crippen LogP contribution is -2.40. The average Bonchev–Trinajstić information content (AvgIpc) is 2.87. The third-order valence-electron chi connectivity index (χ3n) is 3.85. The van der Waals surface area contributed by atoms with Gasteiger partial charge in [0.15, 0.2) is 0 Å². The molecular formula is C15H27NO3. The minimum absolute atomic E-state index is 0.0264. The summed E-state index contributed by atoms with van der Waals surface area (Å²) in [5.74, 6) is -0.830. The van der Waals surface area contributed by atoms with Crippen LogP contribution >= 0.6 is 0 Å². The number of carboxylic acids is 1. The van der Waals surface area contributed by atoms with E-state index >= 15 is 0 Å². The lowest BCUT2D eigenvalue weighted by molar-refractivity contribution is -0.148. The number of hydrogen-bond donors (Lipinski definition) is 1. The highest BCUT2D eigenvalue weighted by molar-refractivity contribution is 5.84. The minimum atomic E-state index is -0.856. The first-order valence-corrected chi connectivity index (χ1v) is 7.69. The Morgan fingerprint density at radius 1 is 1.11 bits per heavy atom. The number of unbranched alkanes of at least 4 members (excludes halogenated alkanes) is 6. The van der Waals surface area contributed by atoms with Crippen LogP contribution in [0.25, 0.3) is 0 Å². The molecule has 0 spiro atoms. The highest BCUT2D eigenvalue weighted by atomic mass is 16.4. The number of nitrogens with zero attached hydrogens (tertiary/aromatic N) is 1. The summed E-state index contributed by atoms with van der Waals surface area (Å²) in [5, 5.41) is 9.03. The monoisotopic (exact) mass is 269 g/mol. The zero-order valence-electron chi connectivity index (χ0n) is 12.1. The molecule has 0 aromatic rings. The summed E-state index contributed by atoms with van der Waals surface area (Å²) < 4.78 is 0. The van der Waals surface area contributed by atoms with E-state index in [1.54, 1.807) is 4.90 Å². The normalized spacial score (nSPS) is 18.8. The fourth-order valence-corrected chi connectivity index (χ4v) is 2.70. The van der Waals surface area contributed by atoms with Crippen LogP contribution in [0, 0.1) is 0 Å². The Morgan fingerprint density at radius 2 is 1.74 bits per heavy atom. The topological polar surface area (TPSA) is 57.6 Å². The van der Waals surface area contributed by atoms with Crippen LogP contribution in [-0.2, 0) is 9.59 Å². The Balaban J connectivity index is 2.12. The predicted octanol–water partition coefficient (Wildman–Crippen LogP) is 3.20. The van der Waals surface area contributed by atoms with Crippen molar-refractivity contribution in [1.29, 1.82) is 0 Å². The highest BCUT2D eigenvalue weighted by Crippen LogP contribution is 2.19. The zero-order chi connectivity index (χ0) is 14.1. The van der Waals surface area contributed by atoms with Crippen LogP contribution in [0.5, 0.6) is 0 Å². The lowest BCUT2D eigenvalue weighted by Gasteiger charge is -2.21. The van der Waals surface area contributed by atoms with Crippen LogP contribution < -0.4 is 0 Å². The van der Waals surface area contributed by atoms with E-state index in [4.69, 9.17) is 5.11 Å². The molecule has 0 saturated carbocycles. The van der Waals surface area contributed by atoms with Crippen molar-refractivity contribution in [2.24, 2.45) is 0 Å². The second-order valence-corrected chi connectivity index (χ2v) is 5.45. The minimum Gasteiger partial charge on any atom is -0.480 e. The van der Waals surface area contributed by atoms with Gasteiger partial charge in [-0.2, -0.15) is 0 Å². The number of rotatable bonds is 9. The van der Waals surface area contributed by atoms with Crippen LogP contribution in [0.2, 0.25) is 0 Å². The van der Waals surface area contributed by atoms with Gasteiger partial charge in [-0.05, 0) is 19.3 Å². The number of amides is 1. The highest BCUT2D eigenvalue weighted by Gasteiger charge is 2.33. The number of aliphatic carboxylic acids is 1. The molecule has 1 unspecified atom stereocenters. The summed E-state index contributed by atoms with van der Waals surface area (Å²) in [4.78, 5) is 24.5. The molecule has 1 fully saturated rings. The number of carbonyl (C=O) groups excluding carboxylic acids is 1. The smallest absolute Gasteiger partial charge is 0.326 e. The van der Waals surface area contributed by atoms with Gasteiger partial charge in [-0.15, -0.1) is 0 Å². The summed E-state index contributed by atoms with van der Waals surface area (Å²) in [6.45, 7) is 2.82. The van der Waals surface area contributed by atoms with E-state index in [-0.39, 0.29) is 5.91 Å². The molecule has 1 saturated heterocycles. The van der Waals surface area contributed by atoms with Gasteiger partial charge in [0, 0.05) is 13.0 Å². The van der Waals surface area contributed by atoms with E-state index in [0.717, 1.165) is 19.3 Å². The summed E-state index contributed by atoms with van der Waals surface area (Å²) in [7, 11) is 0. The Morgan fingerprint density at radius 3 is 2.37 bits per heavy atom. The van der Waals surface area contributed by atoms with Gasteiger partial charge in [0.05, 0.1) is 0 Å². The Labute approximate surface area is 116 Å². The van der Waals surface area contributed by atoms with Gasteiger partial charge < -0.3 is 10.0 Å². The van der Waals surface area contributed by atoms with Crippen molar-refractivity contribution >= 4 is 11.9 Å². The average molecular weight is 269 g/mol. The van der Waals surface area contributed by atoms with E-state index in [2.05, 4.69) is 6.92 Å². The van der Waals surface area contributed by atoms with E-state index in [1.807, 2.05) is 0 Å². The van der Waals surface area contributed by atoms with E-state index in [0.29, 0.717) is 19.4 Å². The van der Waals surface area contributed by atoms with Gasteiger partial charge in [0.25, 0.3) is 0 Å². The van der Waals surface area contributed by atoms with Gasteiger partial charge in [-0.1, -0.05) is 45.4 Å². The fourth-order valence-electron chi connectivity index (χ4n) is 2.70. The van der Waals surface area contributed by atoms with Crippen molar-refractivity contribution in [2.45, 2.75) is 77.2 Å². The standard InChI is InChI=1S/C15H27NO3/c1-2-3-4-5-6-7-8-11-14(17)16-12-9-10-13(16)15(18)19/h13H,2-12H2,1H3,(H,18,19). The SMILES string of the molecule is CCCCCCCCCC(=O)N1CCCC1C(=O)O. The molecule has 0 aromatic heterocycles. The molecule has 19 heavy (non-hydrogen) atoms. The molecule has 1 amide bonds. The molecular weight excluding hydrogens is 242 g/mol. The van der Waals surface area contributed by atoms with Crippen molar-refractivity contribution in [1.82, 2.24) is 4.90 Å². The third kappa shape index (κ3) is 5.62. The molecule has 1 heterocycles. The first-order valence-electron chi connectivity index (χ1n) is 7.69. The summed E-state index contributed by atoms with van der Waals surface area (Å²) >= 11 is 0. The fraction of sp³-hybridized carbons (Fsp3) is 0.867. The molecule has 1 N–H and O–H groups in total. The molecule has 1 aliphatic rings. The van der Waals surface area contributed by atoms with Gasteiger partial charge in [0.2, 0.25) is 5.91 Å². The van der Waals surface area contributed by atoms with Crippen LogP contribution in [0.1, 0.15) is 71.1 Å². The summed E-state index contributed by atoms with van der Waals surface area (Å²) in [6, 6.07) is -0.572. The van der Waals surface area contributed by atoms with Crippen LogP contribution in [0.15, 0.2) is 0 Å². The van der Waals surface area contributed by atoms with Crippen LogP contribution in [-0.4, -0.2) is 34.5 Å². The van der Waals surface area contributed by atoms with Gasteiger partial charge in [-0.3, -0.25) is 4.79 Å². The quantitative estimate of drug-likeness (QED) is 0.654. The molecule has 1 aliphatic heterocycles. The molecule has 0 aromatic carbocycles. The number of likely N-dealkylation sites (tertiary alicyclic amines) is 1. The number of carbonyl (C=O) groups is 2. The maximum atomic E-state index is 12.0. The Hall–Kier alpha value is -1.06. The van der Waals surface area contributed by atoms with Crippen LogP contribution in [0.4, 0.5) is 0 Å². The molecule has 0 radical (unpaired) electrons. The number of hydrogen-bond acceptors (Lipinski definition) is 2. The van der Waals surface area contributed by atoms with E-state index in [9.17, 15) is 9.59 Å². The van der Waals surface area contributed by atoms with E-state index in [1.165, 1.54) is 32.1 Å². The maximum absolute atomic E-state index is 12.0. The van der Waals surface area contributed by atoms with E-state index < -0.39 is 12.0 Å². The van der Waals surface area contributed by atoms with Gasteiger partial charge in [-0.25, -0.2) is 4.79 Å². The predicted molar refractivity (Wildman–Crippen MR) is 75.0 cm³/mol. The van der Waals surface area contributed by atoms with Gasteiger partial charge in [0.1, 0.15) is 6.04 Å². The number of carboxylic acid groups (broad SMARTS) is 1. The van der Waals surface area contributed by atoms with Crippen molar-refractivity contribution in [3.05, 3.63) is 0 Å². The largest absolute Gasteiger partial charge is 0.480 e. The second kappa shape index (κ2) is 8.94. The first-order chi connectivity index (χ1) is 9.16. The second-order valence-electron chi connectivity index (χ2n) is 5.45. The lowest BCUT2D eigenvalue weighted by atomic mass is 10.1. The third-order valence-corrected chi connectivity index (χ3v) is 3.85. The molecule has 0 bridgehead atoms. The zero-order valence-corrected chi connectivity index (χ0v) is 12.1.